The quantitative estimate of drug-likeness (QED) is 0.752. The Morgan fingerprint density at radius 2 is 2.21 bits per heavy atom. The fraction of sp³-hybridized carbons (Fsp3) is 0.545. The van der Waals surface area contributed by atoms with Crippen molar-refractivity contribution in [3.8, 4) is 0 Å². The Balaban J connectivity index is 1.93. The number of carboxylic acid groups (broad SMARTS) is 1. The molecular formula is C11H16N4O3S. The second-order valence-electron chi connectivity index (χ2n) is 4.28. The van der Waals surface area contributed by atoms with E-state index in [4.69, 9.17) is 5.11 Å². The van der Waals surface area contributed by atoms with E-state index >= 15 is 0 Å². The van der Waals surface area contributed by atoms with Gasteiger partial charge in [0.15, 0.2) is 5.69 Å². The van der Waals surface area contributed by atoms with Crippen LogP contribution < -0.4 is 10.6 Å². The summed E-state index contributed by atoms with van der Waals surface area (Å²) in [7, 11) is 0. The first-order chi connectivity index (χ1) is 9.08. The highest BCUT2D eigenvalue weighted by Crippen LogP contribution is 2.18. The third-order valence-electron chi connectivity index (χ3n) is 2.86. The van der Waals surface area contributed by atoms with E-state index in [0.717, 1.165) is 13.1 Å². The molecule has 1 atom stereocenters. The molecule has 0 spiro atoms. The second-order valence-corrected chi connectivity index (χ2v) is 5.17. The number of carbonyl (C=O) groups is 2. The molecule has 2 rings (SSSR count). The summed E-state index contributed by atoms with van der Waals surface area (Å²) in [5, 5.41) is 16.9. The Morgan fingerprint density at radius 1 is 1.53 bits per heavy atom. The van der Waals surface area contributed by atoms with E-state index in [0.29, 0.717) is 18.1 Å². The van der Waals surface area contributed by atoms with E-state index < -0.39 is 5.97 Å². The van der Waals surface area contributed by atoms with Crippen LogP contribution in [0.3, 0.4) is 0 Å². The van der Waals surface area contributed by atoms with Crippen molar-refractivity contribution in [1.29, 1.82) is 0 Å². The first kappa shape index (κ1) is 13.8. The van der Waals surface area contributed by atoms with Crippen LogP contribution in [0.2, 0.25) is 0 Å². The number of aromatic nitrogens is 1. The number of carboxylic acids is 1. The van der Waals surface area contributed by atoms with Crippen LogP contribution >= 0.6 is 11.3 Å². The van der Waals surface area contributed by atoms with Crippen molar-refractivity contribution < 1.29 is 14.7 Å². The van der Waals surface area contributed by atoms with Crippen molar-refractivity contribution in [2.45, 2.75) is 13.0 Å². The molecule has 0 aliphatic carbocycles. The maximum atomic E-state index is 12.0. The standard InChI is InChI=1S/C11H16N4O3S/c1-7(9-14-8(6-19-9)10(16)17)13-11(18)15-4-2-12-3-5-15/h6-7,12H,2-5H2,1H3,(H,13,18)(H,16,17). The third-order valence-corrected chi connectivity index (χ3v) is 3.88. The highest BCUT2D eigenvalue weighted by atomic mass is 32.1. The van der Waals surface area contributed by atoms with Crippen LogP contribution in [0.1, 0.15) is 28.5 Å². The number of amides is 2. The number of nitrogens with one attached hydrogen (secondary N) is 2. The van der Waals surface area contributed by atoms with Crippen LogP contribution in [0, 0.1) is 0 Å². The molecular weight excluding hydrogens is 268 g/mol. The van der Waals surface area contributed by atoms with Gasteiger partial charge in [-0.2, -0.15) is 0 Å². The van der Waals surface area contributed by atoms with E-state index in [-0.39, 0.29) is 17.8 Å². The van der Waals surface area contributed by atoms with Crippen molar-refractivity contribution in [1.82, 2.24) is 20.5 Å². The number of rotatable bonds is 3. The van der Waals surface area contributed by atoms with Gasteiger partial charge in [-0.3, -0.25) is 0 Å². The zero-order valence-corrected chi connectivity index (χ0v) is 11.4. The zero-order chi connectivity index (χ0) is 13.8. The predicted octanol–water partition coefficient (Wildman–Crippen LogP) is 0.517. The molecule has 1 unspecified atom stereocenters. The van der Waals surface area contributed by atoms with Crippen molar-refractivity contribution in [3.63, 3.8) is 0 Å². The maximum absolute atomic E-state index is 12.0. The number of hydrogen-bond donors (Lipinski definition) is 3. The van der Waals surface area contributed by atoms with Crippen LogP contribution in [0.5, 0.6) is 0 Å². The second kappa shape index (κ2) is 5.98. The average molecular weight is 284 g/mol. The Hall–Kier alpha value is -1.67. The Bertz CT molecular complexity index is 470. The van der Waals surface area contributed by atoms with Gasteiger partial charge in [-0.15, -0.1) is 11.3 Å². The van der Waals surface area contributed by atoms with Crippen molar-refractivity contribution in [2.75, 3.05) is 26.2 Å². The molecule has 1 aliphatic rings. The largest absolute Gasteiger partial charge is 0.476 e. The topological polar surface area (TPSA) is 94.6 Å². The van der Waals surface area contributed by atoms with E-state index in [1.165, 1.54) is 16.7 Å². The molecule has 0 aromatic carbocycles. The summed E-state index contributed by atoms with van der Waals surface area (Å²) in [4.78, 5) is 28.4. The lowest BCUT2D eigenvalue weighted by atomic mass is 10.3. The van der Waals surface area contributed by atoms with Crippen LogP contribution in [-0.4, -0.2) is 53.2 Å². The van der Waals surface area contributed by atoms with Gasteiger partial charge < -0.3 is 20.6 Å². The molecule has 2 heterocycles. The van der Waals surface area contributed by atoms with Crippen molar-refractivity contribution in [3.05, 3.63) is 16.1 Å². The SMILES string of the molecule is CC(NC(=O)N1CCNCC1)c1nc(C(=O)O)cs1. The van der Waals surface area contributed by atoms with Crippen LogP contribution in [0.15, 0.2) is 5.38 Å². The zero-order valence-electron chi connectivity index (χ0n) is 10.5. The van der Waals surface area contributed by atoms with Gasteiger partial charge in [0.05, 0.1) is 6.04 Å². The number of piperazine rings is 1. The minimum absolute atomic E-state index is 0.0169. The molecule has 1 aliphatic heterocycles. The summed E-state index contributed by atoms with van der Waals surface area (Å²) < 4.78 is 0. The molecule has 104 valence electrons. The lowest BCUT2D eigenvalue weighted by Gasteiger charge is -2.28. The van der Waals surface area contributed by atoms with E-state index in [1.807, 2.05) is 0 Å². The highest BCUT2D eigenvalue weighted by Gasteiger charge is 2.20. The number of thiazole rings is 1. The van der Waals surface area contributed by atoms with Crippen molar-refractivity contribution in [2.24, 2.45) is 0 Å². The van der Waals surface area contributed by atoms with E-state index in [1.54, 1.807) is 11.8 Å². The van der Waals surface area contributed by atoms with E-state index in [9.17, 15) is 9.59 Å². The number of nitrogens with zero attached hydrogens (tertiary/aromatic N) is 2. The highest BCUT2D eigenvalue weighted by molar-refractivity contribution is 7.09. The fourth-order valence-corrected chi connectivity index (χ4v) is 2.59. The Kier molecular flexibility index (Phi) is 4.33. The third kappa shape index (κ3) is 3.42. The monoisotopic (exact) mass is 284 g/mol. The molecule has 0 saturated carbocycles. The molecule has 2 amide bonds. The van der Waals surface area contributed by atoms with Gasteiger partial charge in [0.25, 0.3) is 0 Å². The summed E-state index contributed by atoms with van der Waals surface area (Å²) in [6.45, 7) is 4.74. The number of hydrogen-bond acceptors (Lipinski definition) is 5. The maximum Gasteiger partial charge on any atom is 0.355 e. The van der Waals surface area contributed by atoms with E-state index in [2.05, 4.69) is 15.6 Å². The molecule has 1 fully saturated rings. The number of urea groups is 1. The predicted molar refractivity (Wildman–Crippen MR) is 70.5 cm³/mol. The van der Waals surface area contributed by atoms with Gasteiger partial charge >= 0.3 is 12.0 Å². The molecule has 7 nitrogen and oxygen atoms in total. The smallest absolute Gasteiger partial charge is 0.355 e. The summed E-state index contributed by atoms with van der Waals surface area (Å²) in [6, 6.07) is -0.429. The minimum Gasteiger partial charge on any atom is -0.476 e. The molecule has 3 N–H and O–H groups in total. The summed E-state index contributed by atoms with van der Waals surface area (Å²) in [6.07, 6.45) is 0. The van der Waals surface area contributed by atoms with Gasteiger partial charge in [-0.05, 0) is 6.92 Å². The molecule has 1 aromatic heterocycles. The lowest BCUT2D eigenvalue weighted by molar-refractivity contribution is 0.0691. The van der Waals surface area contributed by atoms with Crippen LogP contribution in [0.4, 0.5) is 4.79 Å². The molecule has 0 bridgehead atoms. The van der Waals surface area contributed by atoms with Crippen molar-refractivity contribution >= 4 is 23.3 Å². The van der Waals surface area contributed by atoms with Gasteiger partial charge in [-0.1, -0.05) is 0 Å². The van der Waals surface area contributed by atoms with Crippen LogP contribution in [-0.2, 0) is 0 Å². The lowest BCUT2D eigenvalue weighted by Crippen LogP contribution is -2.50. The first-order valence-electron chi connectivity index (χ1n) is 6.03. The molecule has 0 radical (unpaired) electrons. The van der Waals surface area contributed by atoms with Gasteiger partial charge in [0.1, 0.15) is 5.01 Å². The Morgan fingerprint density at radius 3 is 2.79 bits per heavy atom. The summed E-state index contributed by atoms with van der Waals surface area (Å²) >= 11 is 1.24. The molecule has 8 heteroatoms. The van der Waals surface area contributed by atoms with Gasteiger partial charge in [0, 0.05) is 31.6 Å². The Labute approximate surface area is 114 Å². The molecule has 19 heavy (non-hydrogen) atoms. The normalized spacial score (nSPS) is 17.0. The summed E-state index contributed by atoms with van der Waals surface area (Å²) in [5.74, 6) is -1.05. The summed E-state index contributed by atoms with van der Waals surface area (Å²) in [5.41, 5.74) is 0.0169. The molecule has 1 saturated heterocycles. The minimum atomic E-state index is -1.05. The fourth-order valence-electron chi connectivity index (χ4n) is 1.79. The number of aromatic carboxylic acids is 1. The molecule has 1 aromatic rings. The first-order valence-corrected chi connectivity index (χ1v) is 6.91. The van der Waals surface area contributed by atoms with Gasteiger partial charge in [0.2, 0.25) is 0 Å². The number of carbonyl (C=O) groups excluding carboxylic acids is 1. The average Bonchev–Trinajstić information content (AvgIpc) is 2.89. The van der Waals surface area contributed by atoms with Gasteiger partial charge in [-0.25, -0.2) is 14.6 Å². The van der Waals surface area contributed by atoms with Crippen LogP contribution in [0.25, 0.3) is 0 Å².